The summed E-state index contributed by atoms with van der Waals surface area (Å²) in [5, 5.41) is 4.23. The standard InChI is InChI=1S/C23H18F3N5O2/c1-10-17(11(2)31(30-10)9-12-6-7-13(24)8-15(12)26)19-20(22(27)32)18-14(25)4-3-5-16(18)29-21(19)23(28)33/h3-8H,9H2,1-2H3,(H2,27,32)(H2,28,33). The van der Waals surface area contributed by atoms with Crippen LogP contribution in [0.3, 0.4) is 0 Å². The third kappa shape index (κ3) is 3.69. The highest BCUT2D eigenvalue weighted by atomic mass is 19.1. The molecule has 0 saturated carbocycles. The van der Waals surface area contributed by atoms with E-state index < -0.39 is 29.3 Å². The molecule has 0 aliphatic rings. The summed E-state index contributed by atoms with van der Waals surface area (Å²) in [6.07, 6.45) is 0. The summed E-state index contributed by atoms with van der Waals surface area (Å²) in [7, 11) is 0. The monoisotopic (exact) mass is 453 g/mol. The Balaban J connectivity index is 2.02. The number of halogens is 3. The van der Waals surface area contributed by atoms with Crippen LogP contribution in [-0.4, -0.2) is 26.6 Å². The molecule has 2 aromatic carbocycles. The molecule has 0 bridgehead atoms. The van der Waals surface area contributed by atoms with E-state index in [4.69, 9.17) is 11.5 Å². The van der Waals surface area contributed by atoms with Crippen molar-refractivity contribution < 1.29 is 22.8 Å². The minimum atomic E-state index is -0.985. The van der Waals surface area contributed by atoms with Gasteiger partial charge in [-0.1, -0.05) is 12.1 Å². The highest BCUT2D eigenvalue weighted by Gasteiger charge is 2.29. The van der Waals surface area contributed by atoms with E-state index in [9.17, 15) is 22.8 Å². The number of hydrogen-bond donors (Lipinski definition) is 2. The Bertz CT molecular complexity index is 1460. The van der Waals surface area contributed by atoms with Gasteiger partial charge < -0.3 is 11.5 Å². The molecule has 4 rings (SSSR count). The molecule has 7 nitrogen and oxygen atoms in total. The van der Waals surface area contributed by atoms with Gasteiger partial charge in [-0.2, -0.15) is 5.10 Å². The summed E-state index contributed by atoms with van der Waals surface area (Å²) in [6.45, 7) is 3.16. The number of carbonyl (C=O) groups excluding carboxylic acids is 2. The van der Waals surface area contributed by atoms with E-state index in [2.05, 4.69) is 10.1 Å². The molecule has 4 aromatic rings. The molecule has 0 aliphatic heterocycles. The number of primary amides is 2. The summed E-state index contributed by atoms with van der Waals surface area (Å²) < 4.78 is 43.6. The number of aryl methyl sites for hydroxylation is 1. The fourth-order valence-corrected chi connectivity index (χ4v) is 3.97. The van der Waals surface area contributed by atoms with Crippen molar-refractivity contribution in [2.75, 3.05) is 0 Å². The van der Waals surface area contributed by atoms with Crippen LogP contribution in [0.15, 0.2) is 36.4 Å². The van der Waals surface area contributed by atoms with Gasteiger partial charge in [-0.25, -0.2) is 18.2 Å². The van der Waals surface area contributed by atoms with Crippen molar-refractivity contribution >= 4 is 22.7 Å². The van der Waals surface area contributed by atoms with Crippen molar-refractivity contribution in [3.05, 3.63) is 82.1 Å². The van der Waals surface area contributed by atoms with Gasteiger partial charge in [-0.05, 0) is 32.0 Å². The Morgan fingerprint density at radius 1 is 0.970 bits per heavy atom. The molecule has 0 radical (unpaired) electrons. The van der Waals surface area contributed by atoms with E-state index in [1.54, 1.807) is 13.8 Å². The van der Waals surface area contributed by atoms with Gasteiger partial charge in [-0.3, -0.25) is 14.3 Å². The summed E-state index contributed by atoms with van der Waals surface area (Å²) in [4.78, 5) is 29.0. The predicted molar refractivity (Wildman–Crippen MR) is 115 cm³/mol. The van der Waals surface area contributed by atoms with Crippen LogP contribution in [-0.2, 0) is 6.54 Å². The lowest BCUT2D eigenvalue weighted by atomic mass is 9.92. The molecule has 4 N–H and O–H groups in total. The smallest absolute Gasteiger partial charge is 0.267 e. The number of benzene rings is 2. The normalized spacial score (nSPS) is 11.2. The zero-order chi connectivity index (χ0) is 24.0. The molecule has 0 unspecified atom stereocenters. The van der Waals surface area contributed by atoms with E-state index in [0.717, 1.165) is 18.2 Å². The van der Waals surface area contributed by atoms with E-state index in [1.165, 1.54) is 22.9 Å². The Morgan fingerprint density at radius 2 is 1.70 bits per heavy atom. The second kappa shape index (κ2) is 8.05. The molecule has 0 atom stereocenters. The van der Waals surface area contributed by atoms with Gasteiger partial charge in [0.2, 0.25) is 5.91 Å². The second-order valence-electron chi connectivity index (χ2n) is 7.51. The second-order valence-corrected chi connectivity index (χ2v) is 7.51. The molecule has 0 saturated heterocycles. The summed E-state index contributed by atoms with van der Waals surface area (Å²) >= 11 is 0. The average molecular weight is 453 g/mol. The quantitative estimate of drug-likeness (QED) is 0.482. The van der Waals surface area contributed by atoms with Crippen LogP contribution in [0.5, 0.6) is 0 Å². The van der Waals surface area contributed by atoms with Crippen LogP contribution in [0.25, 0.3) is 22.0 Å². The Kier molecular flexibility index (Phi) is 5.36. The average Bonchev–Trinajstić information content (AvgIpc) is 3.01. The summed E-state index contributed by atoms with van der Waals surface area (Å²) in [5.41, 5.74) is 11.9. The molecule has 2 amide bonds. The van der Waals surface area contributed by atoms with Crippen LogP contribution < -0.4 is 11.5 Å². The topological polar surface area (TPSA) is 117 Å². The lowest BCUT2D eigenvalue weighted by Crippen LogP contribution is -2.21. The first-order chi connectivity index (χ1) is 15.6. The lowest BCUT2D eigenvalue weighted by molar-refractivity contribution is 0.0996. The Morgan fingerprint density at radius 3 is 2.33 bits per heavy atom. The minimum absolute atomic E-state index is 0.0393. The van der Waals surface area contributed by atoms with Crippen molar-refractivity contribution in [1.29, 1.82) is 0 Å². The van der Waals surface area contributed by atoms with Gasteiger partial charge in [0.1, 0.15) is 23.1 Å². The van der Waals surface area contributed by atoms with E-state index in [0.29, 0.717) is 11.4 Å². The number of nitrogens with two attached hydrogens (primary N) is 2. The van der Waals surface area contributed by atoms with Crippen molar-refractivity contribution in [1.82, 2.24) is 14.8 Å². The van der Waals surface area contributed by atoms with Crippen molar-refractivity contribution in [3.63, 3.8) is 0 Å². The number of hydrogen-bond acceptors (Lipinski definition) is 4. The van der Waals surface area contributed by atoms with Crippen molar-refractivity contribution in [2.24, 2.45) is 11.5 Å². The molecule has 33 heavy (non-hydrogen) atoms. The van der Waals surface area contributed by atoms with Gasteiger partial charge in [0, 0.05) is 33.8 Å². The van der Waals surface area contributed by atoms with Gasteiger partial charge in [0.25, 0.3) is 5.91 Å². The number of nitrogens with zero attached hydrogens (tertiary/aromatic N) is 3. The first-order valence-corrected chi connectivity index (χ1v) is 9.80. The van der Waals surface area contributed by atoms with Crippen LogP contribution in [0, 0.1) is 31.3 Å². The van der Waals surface area contributed by atoms with E-state index in [-0.39, 0.29) is 45.4 Å². The van der Waals surface area contributed by atoms with E-state index >= 15 is 0 Å². The minimum Gasteiger partial charge on any atom is -0.366 e. The molecule has 2 heterocycles. The molecular formula is C23H18F3N5O2. The van der Waals surface area contributed by atoms with E-state index in [1.807, 2.05) is 0 Å². The number of carbonyl (C=O) groups is 2. The van der Waals surface area contributed by atoms with Gasteiger partial charge in [0.05, 0.1) is 23.3 Å². The summed E-state index contributed by atoms with van der Waals surface area (Å²) in [5.74, 6) is -4.15. The zero-order valence-electron chi connectivity index (χ0n) is 17.6. The SMILES string of the molecule is Cc1nn(Cc2ccc(F)cc2F)c(C)c1-c1c(C(N)=O)nc2cccc(F)c2c1C(N)=O. The lowest BCUT2D eigenvalue weighted by Gasteiger charge is -2.15. The maximum atomic E-state index is 14.7. The van der Waals surface area contributed by atoms with Gasteiger partial charge >= 0.3 is 0 Å². The number of amides is 2. The highest BCUT2D eigenvalue weighted by Crippen LogP contribution is 2.37. The fraction of sp³-hybridized carbons (Fsp3) is 0.130. The van der Waals surface area contributed by atoms with Gasteiger partial charge in [0.15, 0.2) is 0 Å². The molecular weight excluding hydrogens is 435 g/mol. The van der Waals surface area contributed by atoms with Crippen LogP contribution in [0.1, 0.15) is 37.8 Å². The fourth-order valence-electron chi connectivity index (χ4n) is 3.97. The maximum Gasteiger partial charge on any atom is 0.267 e. The van der Waals surface area contributed by atoms with Crippen LogP contribution in [0.4, 0.5) is 13.2 Å². The highest BCUT2D eigenvalue weighted by molar-refractivity contribution is 6.15. The largest absolute Gasteiger partial charge is 0.366 e. The first-order valence-electron chi connectivity index (χ1n) is 9.80. The van der Waals surface area contributed by atoms with Crippen LogP contribution >= 0.6 is 0 Å². The molecule has 168 valence electrons. The van der Waals surface area contributed by atoms with Crippen LogP contribution in [0.2, 0.25) is 0 Å². The molecule has 2 aromatic heterocycles. The number of pyridine rings is 1. The Hall–Kier alpha value is -4.21. The summed E-state index contributed by atoms with van der Waals surface area (Å²) in [6, 6.07) is 7.13. The zero-order valence-corrected chi connectivity index (χ0v) is 17.6. The molecule has 10 heteroatoms. The molecule has 0 aliphatic carbocycles. The third-order valence-corrected chi connectivity index (χ3v) is 5.41. The number of rotatable bonds is 5. The van der Waals surface area contributed by atoms with Crippen molar-refractivity contribution in [3.8, 4) is 11.1 Å². The third-order valence-electron chi connectivity index (χ3n) is 5.41. The Labute approximate surface area is 185 Å². The van der Waals surface area contributed by atoms with Crippen molar-refractivity contribution in [2.45, 2.75) is 20.4 Å². The maximum absolute atomic E-state index is 14.7. The number of fused-ring (bicyclic) bond motifs is 1. The molecule has 0 fully saturated rings. The first kappa shape index (κ1) is 22.0. The van der Waals surface area contributed by atoms with Gasteiger partial charge in [-0.15, -0.1) is 0 Å². The predicted octanol–water partition coefficient (Wildman–Crippen LogP) is 3.38. The number of aromatic nitrogens is 3. The molecule has 0 spiro atoms.